The maximum Gasteiger partial charge on any atom is 0.416 e. The van der Waals surface area contributed by atoms with E-state index in [4.69, 9.17) is 4.84 Å². The molecule has 3 aromatic rings. The fourth-order valence-electron chi connectivity index (χ4n) is 4.76. The SMILES string of the molecule is CC[S+]([O-])c1ccc(CNC(=O)c2cnc(N3CC(c4ccc(C(F)(F)F)cc4)CC[C@H]3C(=O)N(C)OC)nc2)cc1. The van der Waals surface area contributed by atoms with Crippen molar-refractivity contribution >= 4 is 28.9 Å². The maximum atomic E-state index is 13.1. The van der Waals surface area contributed by atoms with Crippen LogP contribution in [0.2, 0.25) is 0 Å². The molecule has 2 aromatic carbocycles. The Morgan fingerprint density at radius 3 is 2.31 bits per heavy atom. The molecule has 0 aliphatic carbocycles. The van der Waals surface area contributed by atoms with Gasteiger partial charge >= 0.3 is 6.18 Å². The quantitative estimate of drug-likeness (QED) is 0.287. The van der Waals surface area contributed by atoms with E-state index in [9.17, 15) is 27.3 Å². The van der Waals surface area contributed by atoms with E-state index in [0.29, 0.717) is 24.2 Å². The summed E-state index contributed by atoms with van der Waals surface area (Å²) in [6.45, 7) is 2.38. The monoisotopic (exact) mass is 603 g/mol. The molecule has 224 valence electrons. The van der Waals surface area contributed by atoms with Gasteiger partial charge in [-0.1, -0.05) is 24.3 Å². The van der Waals surface area contributed by atoms with Crippen molar-refractivity contribution in [1.82, 2.24) is 20.3 Å². The number of benzene rings is 2. The molecule has 3 atom stereocenters. The van der Waals surface area contributed by atoms with Crippen molar-refractivity contribution in [3.63, 3.8) is 0 Å². The van der Waals surface area contributed by atoms with E-state index in [1.54, 1.807) is 29.2 Å². The second-order valence-electron chi connectivity index (χ2n) is 9.81. The molecule has 9 nitrogen and oxygen atoms in total. The van der Waals surface area contributed by atoms with Gasteiger partial charge in [-0.25, -0.2) is 15.0 Å². The molecule has 1 saturated heterocycles. The second kappa shape index (κ2) is 13.5. The Morgan fingerprint density at radius 1 is 1.10 bits per heavy atom. The largest absolute Gasteiger partial charge is 0.611 e. The van der Waals surface area contributed by atoms with E-state index in [0.717, 1.165) is 27.7 Å². The number of likely N-dealkylation sites (N-methyl/N-ethyl adjacent to an activating group) is 1. The summed E-state index contributed by atoms with van der Waals surface area (Å²) in [7, 11) is 2.87. The Hall–Kier alpha value is -3.68. The molecule has 1 aromatic heterocycles. The zero-order valence-corrected chi connectivity index (χ0v) is 24.2. The van der Waals surface area contributed by atoms with Gasteiger partial charge in [0, 0.05) is 38.4 Å². The Labute approximate surface area is 245 Å². The first-order valence-corrected chi connectivity index (χ1v) is 14.7. The summed E-state index contributed by atoms with van der Waals surface area (Å²) in [6, 6.07) is 11.5. The predicted octanol–water partition coefficient (Wildman–Crippen LogP) is 4.33. The molecular formula is C29H32F3N5O4S. The highest BCUT2D eigenvalue weighted by atomic mass is 32.2. The number of rotatable bonds is 9. The van der Waals surface area contributed by atoms with E-state index >= 15 is 0 Å². The maximum absolute atomic E-state index is 13.1. The fraction of sp³-hybridized carbons (Fsp3) is 0.379. The van der Waals surface area contributed by atoms with Crippen molar-refractivity contribution < 1.29 is 32.2 Å². The van der Waals surface area contributed by atoms with Gasteiger partial charge in [0.1, 0.15) is 11.8 Å². The summed E-state index contributed by atoms with van der Waals surface area (Å²) >= 11 is -1.05. The van der Waals surface area contributed by atoms with Crippen LogP contribution >= 0.6 is 0 Å². The van der Waals surface area contributed by atoms with Crippen molar-refractivity contribution in [2.75, 3.05) is 31.4 Å². The number of amides is 2. The molecular weight excluding hydrogens is 571 g/mol. The van der Waals surface area contributed by atoms with Gasteiger partial charge in [0.25, 0.3) is 11.8 Å². The van der Waals surface area contributed by atoms with E-state index in [1.807, 2.05) is 6.92 Å². The minimum atomic E-state index is -4.43. The number of nitrogens with one attached hydrogen (secondary N) is 1. The van der Waals surface area contributed by atoms with Gasteiger partial charge in [0.2, 0.25) is 5.95 Å². The van der Waals surface area contributed by atoms with Crippen molar-refractivity contribution in [3.05, 3.63) is 83.2 Å². The van der Waals surface area contributed by atoms with Crippen molar-refractivity contribution in [3.8, 4) is 0 Å². The van der Waals surface area contributed by atoms with Gasteiger partial charge in [-0.2, -0.15) is 13.2 Å². The van der Waals surface area contributed by atoms with Crippen LogP contribution in [0, 0.1) is 0 Å². The summed E-state index contributed by atoms with van der Waals surface area (Å²) < 4.78 is 51.1. The molecule has 2 amide bonds. The average molecular weight is 604 g/mol. The van der Waals surface area contributed by atoms with Crippen molar-refractivity contribution in [2.24, 2.45) is 0 Å². The van der Waals surface area contributed by atoms with Gasteiger partial charge in [0.15, 0.2) is 4.90 Å². The van der Waals surface area contributed by atoms with Crippen LogP contribution in [-0.4, -0.2) is 63.9 Å². The molecule has 4 rings (SSSR count). The molecule has 42 heavy (non-hydrogen) atoms. The standard InChI is InChI=1S/C29H32F3N5O4S/c1-4-42(40)24-12-5-19(6-13-24)15-33-26(38)22-16-34-28(35-17-22)37-18-21(9-14-25(37)27(39)36(2)41-3)20-7-10-23(11-8-20)29(30,31)32/h5-8,10-13,16-17,21,25H,4,9,14-15,18H2,1-3H3,(H,33,38)/t21?,25-,42?/m0/s1. The number of carbonyl (C=O) groups is 2. The summed E-state index contributed by atoms with van der Waals surface area (Å²) in [5, 5.41) is 3.92. The molecule has 2 unspecified atom stereocenters. The van der Waals surface area contributed by atoms with Crippen LogP contribution in [0.25, 0.3) is 0 Å². The highest BCUT2D eigenvalue weighted by Gasteiger charge is 2.37. The summed E-state index contributed by atoms with van der Waals surface area (Å²) in [5.74, 6) is -0.141. The number of hydrogen-bond donors (Lipinski definition) is 1. The van der Waals surface area contributed by atoms with Crippen molar-refractivity contribution in [1.29, 1.82) is 0 Å². The van der Waals surface area contributed by atoms with Crippen LogP contribution < -0.4 is 10.2 Å². The third-order valence-corrected chi connectivity index (χ3v) is 8.54. The van der Waals surface area contributed by atoms with Gasteiger partial charge in [-0.3, -0.25) is 14.4 Å². The van der Waals surface area contributed by atoms with Crippen LogP contribution in [0.1, 0.15) is 52.7 Å². The minimum Gasteiger partial charge on any atom is -0.611 e. The number of anilines is 1. The smallest absolute Gasteiger partial charge is 0.416 e. The molecule has 1 N–H and O–H groups in total. The molecule has 0 radical (unpaired) electrons. The van der Waals surface area contributed by atoms with Crippen LogP contribution in [0.15, 0.2) is 65.8 Å². The average Bonchev–Trinajstić information content (AvgIpc) is 3.02. The number of hydrogen-bond acceptors (Lipinski definition) is 7. The molecule has 13 heteroatoms. The van der Waals surface area contributed by atoms with Crippen LogP contribution in [0.5, 0.6) is 0 Å². The Balaban J connectivity index is 1.48. The lowest BCUT2D eigenvalue weighted by Crippen LogP contribution is -2.52. The summed E-state index contributed by atoms with van der Waals surface area (Å²) in [6.07, 6.45) is -0.731. The Bertz CT molecular complexity index is 1360. The first-order valence-electron chi connectivity index (χ1n) is 13.3. The number of halogens is 3. The molecule has 1 aliphatic rings. The third kappa shape index (κ3) is 7.39. The second-order valence-corrected chi connectivity index (χ2v) is 11.6. The van der Waals surface area contributed by atoms with Crippen LogP contribution in [0.4, 0.5) is 19.1 Å². The predicted molar refractivity (Wildman–Crippen MR) is 151 cm³/mol. The van der Waals surface area contributed by atoms with Crippen LogP contribution in [-0.2, 0) is 33.5 Å². The number of nitrogens with zero attached hydrogens (tertiary/aromatic N) is 4. The first-order chi connectivity index (χ1) is 20.0. The van der Waals surface area contributed by atoms with Gasteiger partial charge in [-0.15, -0.1) is 0 Å². The third-order valence-electron chi connectivity index (χ3n) is 7.22. The summed E-state index contributed by atoms with van der Waals surface area (Å²) in [5.41, 5.74) is 1.04. The Morgan fingerprint density at radius 2 is 1.74 bits per heavy atom. The van der Waals surface area contributed by atoms with E-state index < -0.39 is 34.9 Å². The molecule has 1 aliphatic heterocycles. The minimum absolute atomic E-state index is 0.170. The highest BCUT2D eigenvalue weighted by molar-refractivity contribution is 7.91. The number of hydroxylamine groups is 2. The van der Waals surface area contributed by atoms with Crippen molar-refractivity contribution in [2.45, 2.75) is 49.3 Å². The number of alkyl halides is 3. The molecule has 0 spiro atoms. The van der Waals surface area contributed by atoms with E-state index in [1.165, 1.54) is 38.7 Å². The molecule has 0 bridgehead atoms. The molecule has 2 heterocycles. The lowest BCUT2D eigenvalue weighted by molar-refractivity contribution is -0.170. The van der Waals surface area contributed by atoms with E-state index in [-0.39, 0.29) is 36.4 Å². The van der Waals surface area contributed by atoms with Gasteiger partial charge < -0.3 is 14.8 Å². The zero-order valence-electron chi connectivity index (χ0n) is 23.4. The summed E-state index contributed by atoms with van der Waals surface area (Å²) in [4.78, 5) is 42.1. The van der Waals surface area contributed by atoms with Gasteiger partial charge in [-0.05, 0) is 66.3 Å². The normalized spacial score (nSPS) is 17.9. The lowest BCUT2D eigenvalue weighted by Gasteiger charge is -2.40. The van der Waals surface area contributed by atoms with Gasteiger partial charge in [0.05, 0.1) is 18.2 Å². The van der Waals surface area contributed by atoms with E-state index in [2.05, 4.69) is 15.3 Å². The zero-order chi connectivity index (χ0) is 30.4. The number of carbonyl (C=O) groups excluding carboxylic acids is 2. The first kappa shape index (κ1) is 31.3. The molecule has 1 fully saturated rings. The fourth-order valence-corrected chi connectivity index (χ4v) is 5.53. The number of piperidine rings is 1. The lowest BCUT2D eigenvalue weighted by atomic mass is 9.86. The molecule has 0 saturated carbocycles. The number of aromatic nitrogens is 2. The topological polar surface area (TPSA) is 111 Å². The van der Waals surface area contributed by atoms with Crippen LogP contribution in [0.3, 0.4) is 0 Å². The Kier molecular flexibility index (Phi) is 10.1. The highest BCUT2D eigenvalue weighted by Crippen LogP contribution is 2.35.